The Balaban J connectivity index is 1.37. The van der Waals surface area contributed by atoms with E-state index in [0.29, 0.717) is 24.4 Å². The lowest BCUT2D eigenvalue weighted by Gasteiger charge is -2.30. The van der Waals surface area contributed by atoms with E-state index in [9.17, 15) is 9.59 Å². The first-order valence-electron chi connectivity index (χ1n) is 9.87. The summed E-state index contributed by atoms with van der Waals surface area (Å²) in [5.74, 6) is 0.439. The van der Waals surface area contributed by atoms with Crippen molar-refractivity contribution >= 4 is 16.8 Å². The Kier molecular flexibility index (Phi) is 5.35. The molecule has 28 heavy (non-hydrogen) atoms. The van der Waals surface area contributed by atoms with Crippen LogP contribution in [0.25, 0.3) is 11.0 Å². The van der Waals surface area contributed by atoms with Crippen LogP contribution in [-0.4, -0.2) is 33.7 Å². The fourth-order valence-corrected chi connectivity index (χ4v) is 3.94. The lowest BCUT2D eigenvalue weighted by Crippen LogP contribution is -2.37. The van der Waals surface area contributed by atoms with Crippen molar-refractivity contribution < 1.29 is 4.79 Å². The smallest absolute Gasteiger partial charge is 0.271 e. The second-order valence-corrected chi connectivity index (χ2v) is 7.65. The van der Waals surface area contributed by atoms with E-state index in [1.54, 1.807) is 0 Å². The summed E-state index contributed by atoms with van der Waals surface area (Å²) in [5.41, 5.74) is 4.29. The van der Waals surface area contributed by atoms with Gasteiger partial charge in [-0.2, -0.15) is 0 Å². The van der Waals surface area contributed by atoms with Gasteiger partial charge in [0, 0.05) is 18.9 Å². The van der Waals surface area contributed by atoms with Gasteiger partial charge in [-0.05, 0) is 56.1 Å². The van der Waals surface area contributed by atoms with Crippen molar-refractivity contribution in [3.8, 4) is 0 Å². The minimum absolute atomic E-state index is 0.110. The molecule has 1 N–H and O–H groups in total. The van der Waals surface area contributed by atoms with Gasteiger partial charge in [-0.25, -0.2) is 4.98 Å². The number of aromatic nitrogens is 2. The maximum atomic E-state index is 12.7. The molecule has 0 radical (unpaired) electrons. The molecule has 1 aliphatic heterocycles. The van der Waals surface area contributed by atoms with Gasteiger partial charge in [0.15, 0.2) is 0 Å². The summed E-state index contributed by atoms with van der Waals surface area (Å²) < 4.78 is 0. The fourth-order valence-electron chi connectivity index (χ4n) is 3.94. The first-order chi connectivity index (χ1) is 13.6. The van der Waals surface area contributed by atoms with Crippen molar-refractivity contribution in [2.75, 3.05) is 13.1 Å². The zero-order chi connectivity index (χ0) is 19.5. The van der Waals surface area contributed by atoms with Crippen molar-refractivity contribution in [3.63, 3.8) is 0 Å². The second kappa shape index (κ2) is 8.07. The molecule has 1 aromatic heterocycles. The summed E-state index contributed by atoms with van der Waals surface area (Å²) in [5, 5.41) is 0. The van der Waals surface area contributed by atoms with E-state index in [-0.39, 0.29) is 11.5 Å². The Morgan fingerprint density at radius 2 is 1.82 bits per heavy atom. The molecule has 3 aromatic rings. The number of rotatable bonds is 5. The van der Waals surface area contributed by atoms with Crippen molar-refractivity contribution in [3.05, 3.63) is 75.7 Å². The second-order valence-electron chi connectivity index (χ2n) is 7.65. The highest BCUT2D eigenvalue weighted by Crippen LogP contribution is 2.22. The zero-order valence-corrected chi connectivity index (χ0v) is 16.1. The molecule has 0 amide bonds. The molecule has 5 nitrogen and oxygen atoms in total. The Hall–Kier alpha value is -2.79. The SMILES string of the molecule is Cc1ccccc1CC(=O)C1CCN(Cc2nc3ccccc3[nH]c2=O)CC1. The zero-order valence-electron chi connectivity index (χ0n) is 16.1. The molecular weight excluding hydrogens is 350 g/mol. The number of H-pyrrole nitrogens is 1. The summed E-state index contributed by atoms with van der Waals surface area (Å²) in [7, 11) is 0. The van der Waals surface area contributed by atoms with Crippen LogP contribution >= 0.6 is 0 Å². The summed E-state index contributed by atoms with van der Waals surface area (Å²) in [4.78, 5) is 34.7. The quantitative estimate of drug-likeness (QED) is 0.743. The Labute approximate surface area is 164 Å². The molecule has 2 aromatic carbocycles. The highest BCUT2D eigenvalue weighted by molar-refractivity contribution is 5.83. The molecule has 0 spiro atoms. The standard InChI is InChI=1S/C23H25N3O2/c1-16-6-2-3-7-18(16)14-22(27)17-10-12-26(13-11-17)15-21-23(28)25-20-9-5-4-8-19(20)24-21/h2-9,17H,10-15H2,1H3,(H,25,28). The van der Waals surface area contributed by atoms with Gasteiger partial charge in [-0.3, -0.25) is 14.5 Å². The number of aryl methyl sites for hydroxylation is 1. The van der Waals surface area contributed by atoms with Crippen LogP contribution in [0.15, 0.2) is 53.3 Å². The molecule has 5 heteroatoms. The molecule has 4 rings (SSSR count). The number of hydrogen-bond donors (Lipinski definition) is 1. The third kappa shape index (κ3) is 4.04. The van der Waals surface area contributed by atoms with Crippen LogP contribution in [0.4, 0.5) is 0 Å². The number of hydrogen-bond acceptors (Lipinski definition) is 4. The van der Waals surface area contributed by atoms with Gasteiger partial charge in [0.2, 0.25) is 0 Å². The van der Waals surface area contributed by atoms with Crippen molar-refractivity contribution in [2.45, 2.75) is 32.7 Å². The first kappa shape index (κ1) is 18.6. The van der Waals surface area contributed by atoms with E-state index in [4.69, 9.17) is 0 Å². The van der Waals surface area contributed by atoms with E-state index in [0.717, 1.165) is 42.5 Å². The van der Waals surface area contributed by atoms with Crippen LogP contribution in [-0.2, 0) is 17.8 Å². The summed E-state index contributed by atoms with van der Waals surface area (Å²) in [6.07, 6.45) is 2.20. The van der Waals surface area contributed by atoms with Crippen LogP contribution in [0.2, 0.25) is 0 Å². The lowest BCUT2D eigenvalue weighted by atomic mass is 9.88. The van der Waals surface area contributed by atoms with Gasteiger partial charge in [-0.15, -0.1) is 0 Å². The predicted octanol–water partition coefficient (Wildman–Crippen LogP) is 3.26. The number of likely N-dealkylation sites (tertiary alicyclic amines) is 1. The molecule has 0 bridgehead atoms. The average Bonchev–Trinajstić information content (AvgIpc) is 2.71. The minimum atomic E-state index is -0.128. The number of carbonyl (C=O) groups is 1. The van der Waals surface area contributed by atoms with Gasteiger partial charge in [0.1, 0.15) is 11.5 Å². The van der Waals surface area contributed by atoms with Crippen molar-refractivity contribution in [1.82, 2.24) is 14.9 Å². The average molecular weight is 375 g/mol. The number of nitrogens with zero attached hydrogens (tertiary/aromatic N) is 2. The highest BCUT2D eigenvalue weighted by atomic mass is 16.1. The Bertz CT molecular complexity index is 1050. The lowest BCUT2D eigenvalue weighted by molar-refractivity contribution is -0.123. The van der Waals surface area contributed by atoms with E-state index in [1.165, 1.54) is 5.56 Å². The predicted molar refractivity (Wildman–Crippen MR) is 110 cm³/mol. The molecule has 0 saturated carbocycles. The molecule has 1 fully saturated rings. The first-order valence-corrected chi connectivity index (χ1v) is 9.87. The topological polar surface area (TPSA) is 66.1 Å². The molecular formula is C23H25N3O2. The van der Waals surface area contributed by atoms with E-state index < -0.39 is 0 Å². The molecule has 0 atom stereocenters. The molecule has 0 unspecified atom stereocenters. The van der Waals surface area contributed by atoms with Crippen LogP contribution < -0.4 is 5.56 Å². The van der Waals surface area contributed by atoms with Gasteiger partial charge in [0.25, 0.3) is 5.56 Å². The number of nitrogens with one attached hydrogen (secondary N) is 1. The molecule has 1 saturated heterocycles. The number of para-hydroxylation sites is 2. The van der Waals surface area contributed by atoms with Gasteiger partial charge < -0.3 is 4.98 Å². The van der Waals surface area contributed by atoms with Crippen molar-refractivity contribution in [1.29, 1.82) is 0 Å². The maximum Gasteiger partial charge on any atom is 0.271 e. The van der Waals surface area contributed by atoms with Crippen LogP contribution in [0.1, 0.15) is 29.7 Å². The van der Waals surface area contributed by atoms with Crippen LogP contribution in [0.3, 0.4) is 0 Å². The van der Waals surface area contributed by atoms with E-state index in [2.05, 4.69) is 27.9 Å². The number of benzene rings is 2. The molecule has 144 valence electrons. The number of carbonyl (C=O) groups excluding carboxylic acids is 1. The van der Waals surface area contributed by atoms with Crippen molar-refractivity contribution in [2.24, 2.45) is 5.92 Å². The van der Waals surface area contributed by atoms with Crippen LogP contribution in [0, 0.1) is 12.8 Å². The number of ketones is 1. The normalized spacial score (nSPS) is 15.8. The number of aromatic amines is 1. The Morgan fingerprint density at radius 1 is 1.11 bits per heavy atom. The van der Waals surface area contributed by atoms with Gasteiger partial charge in [0.05, 0.1) is 11.0 Å². The van der Waals surface area contributed by atoms with Gasteiger partial charge in [-0.1, -0.05) is 36.4 Å². The number of Topliss-reactive ketones (excluding diaryl/α,β-unsaturated/α-hetero) is 1. The van der Waals surface area contributed by atoms with Crippen LogP contribution in [0.5, 0.6) is 0 Å². The molecule has 2 heterocycles. The number of piperidine rings is 1. The summed E-state index contributed by atoms with van der Waals surface area (Å²) in [6.45, 7) is 4.22. The monoisotopic (exact) mass is 375 g/mol. The fraction of sp³-hybridized carbons (Fsp3) is 0.348. The van der Waals surface area contributed by atoms with E-state index >= 15 is 0 Å². The number of fused-ring (bicyclic) bond motifs is 1. The molecule has 0 aliphatic carbocycles. The maximum absolute atomic E-state index is 12.7. The largest absolute Gasteiger partial charge is 0.319 e. The van der Waals surface area contributed by atoms with Gasteiger partial charge >= 0.3 is 0 Å². The minimum Gasteiger partial charge on any atom is -0.319 e. The Morgan fingerprint density at radius 3 is 2.61 bits per heavy atom. The molecule has 1 aliphatic rings. The summed E-state index contributed by atoms with van der Waals surface area (Å²) in [6, 6.07) is 15.7. The van der Waals surface area contributed by atoms with E-state index in [1.807, 2.05) is 42.5 Å². The highest BCUT2D eigenvalue weighted by Gasteiger charge is 2.25. The third-order valence-electron chi connectivity index (χ3n) is 5.71. The summed E-state index contributed by atoms with van der Waals surface area (Å²) >= 11 is 0. The third-order valence-corrected chi connectivity index (χ3v) is 5.71.